The minimum absolute atomic E-state index is 0.182. The molecule has 0 aliphatic rings. The van der Waals surface area contributed by atoms with Crippen LogP contribution in [0, 0.1) is 0 Å². The first-order chi connectivity index (χ1) is 14.2. The van der Waals surface area contributed by atoms with E-state index in [1.807, 2.05) is 24.4 Å². The largest absolute Gasteiger partial charge is 0.296 e. The van der Waals surface area contributed by atoms with Crippen LogP contribution < -0.4 is 10.9 Å². The number of benzene rings is 1. The highest BCUT2D eigenvalue weighted by atomic mass is 32.1. The van der Waals surface area contributed by atoms with Gasteiger partial charge >= 0.3 is 0 Å². The molecule has 8 heteroatoms. The Balaban J connectivity index is 1.67. The molecule has 1 aromatic carbocycles. The Hall–Kier alpha value is -3.39. The number of nitrogens with zero attached hydrogens (tertiary/aromatic N) is 4. The topological polar surface area (TPSA) is 89.8 Å². The lowest BCUT2D eigenvalue weighted by atomic mass is 10.1. The van der Waals surface area contributed by atoms with Gasteiger partial charge in [-0.3, -0.25) is 19.9 Å². The second-order valence-corrected chi connectivity index (χ2v) is 7.37. The van der Waals surface area contributed by atoms with E-state index in [-0.39, 0.29) is 11.3 Å². The van der Waals surface area contributed by atoms with Crippen LogP contribution >= 0.6 is 11.3 Å². The molecule has 4 rings (SSSR count). The third-order valence-electron chi connectivity index (χ3n) is 4.49. The molecule has 146 valence electrons. The molecule has 0 saturated heterocycles. The normalized spacial score (nSPS) is 10.9. The summed E-state index contributed by atoms with van der Waals surface area (Å²) in [4.78, 5) is 34.2. The molecule has 3 aromatic heterocycles. The zero-order chi connectivity index (χ0) is 20.2. The molecule has 1 amide bonds. The Bertz CT molecular complexity index is 1220. The third kappa shape index (κ3) is 3.93. The maximum atomic E-state index is 13.0. The number of anilines is 1. The van der Waals surface area contributed by atoms with Gasteiger partial charge in [0.2, 0.25) is 0 Å². The van der Waals surface area contributed by atoms with Crippen molar-refractivity contribution in [2.45, 2.75) is 26.3 Å². The lowest BCUT2D eigenvalue weighted by molar-refractivity contribution is 0.102. The molecule has 0 fully saturated rings. The molecule has 0 unspecified atom stereocenters. The average Bonchev–Trinajstić information content (AvgIpc) is 3.22. The van der Waals surface area contributed by atoms with Gasteiger partial charge in [-0.15, -0.1) is 11.3 Å². The highest BCUT2D eigenvalue weighted by molar-refractivity contribution is 7.14. The summed E-state index contributed by atoms with van der Waals surface area (Å²) >= 11 is 1.33. The smallest absolute Gasteiger partial charge is 0.278 e. The van der Waals surface area contributed by atoms with E-state index >= 15 is 0 Å². The molecule has 29 heavy (non-hydrogen) atoms. The number of pyridine rings is 1. The van der Waals surface area contributed by atoms with Crippen molar-refractivity contribution in [3.8, 4) is 11.3 Å². The molecule has 0 bridgehead atoms. The molecule has 1 N–H and O–H groups in total. The van der Waals surface area contributed by atoms with Crippen molar-refractivity contribution < 1.29 is 4.79 Å². The van der Waals surface area contributed by atoms with Crippen LogP contribution in [-0.4, -0.2) is 25.7 Å². The molecule has 0 aliphatic heterocycles. The number of unbranched alkanes of at least 4 members (excludes halogenated alkanes) is 1. The summed E-state index contributed by atoms with van der Waals surface area (Å²) in [5.74, 6) is -0.390. The van der Waals surface area contributed by atoms with E-state index in [1.54, 1.807) is 36.7 Å². The number of thiazole rings is 1. The second kappa shape index (κ2) is 8.32. The summed E-state index contributed by atoms with van der Waals surface area (Å²) in [6.07, 6.45) is 5.16. The molecule has 0 atom stereocenters. The van der Waals surface area contributed by atoms with E-state index in [1.165, 1.54) is 16.0 Å². The summed E-state index contributed by atoms with van der Waals surface area (Å²) in [7, 11) is 0. The number of hydrogen-bond acceptors (Lipinski definition) is 6. The van der Waals surface area contributed by atoms with Gasteiger partial charge in [-0.2, -0.15) is 5.10 Å². The SMILES string of the molecule is CCCCn1nc(C(=O)Nc2nc(-c3cccnc3)cs2)c2ccccc2c1=O. The van der Waals surface area contributed by atoms with Crippen LogP contribution in [0.2, 0.25) is 0 Å². The molecule has 0 radical (unpaired) electrons. The molecular formula is C21H19N5O2S. The average molecular weight is 405 g/mol. The van der Waals surface area contributed by atoms with Crippen molar-refractivity contribution >= 4 is 33.1 Å². The van der Waals surface area contributed by atoms with Gasteiger partial charge < -0.3 is 0 Å². The summed E-state index contributed by atoms with van der Waals surface area (Å²) in [5, 5.41) is 10.5. The molecule has 3 heterocycles. The van der Waals surface area contributed by atoms with Crippen molar-refractivity contribution in [3.05, 3.63) is 70.2 Å². The maximum Gasteiger partial charge on any atom is 0.278 e. The molecular weight excluding hydrogens is 386 g/mol. The van der Waals surface area contributed by atoms with Crippen LogP contribution in [0.25, 0.3) is 22.0 Å². The number of rotatable bonds is 6. The maximum absolute atomic E-state index is 13.0. The first kappa shape index (κ1) is 18.9. The Morgan fingerprint density at radius 2 is 2.00 bits per heavy atom. The molecule has 0 spiro atoms. The highest BCUT2D eigenvalue weighted by Gasteiger charge is 2.18. The van der Waals surface area contributed by atoms with Gasteiger partial charge in [-0.05, 0) is 24.6 Å². The van der Waals surface area contributed by atoms with Crippen molar-refractivity contribution in [1.29, 1.82) is 0 Å². The summed E-state index contributed by atoms with van der Waals surface area (Å²) in [6, 6.07) is 10.8. The molecule has 0 saturated carbocycles. The third-order valence-corrected chi connectivity index (χ3v) is 5.25. The van der Waals surface area contributed by atoms with E-state index < -0.39 is 5.91 Å². The highest BCUT2D eigenvalue weighted by Crippen LogP contribution is 2.25. The molecule has 4 aromatic rings. The number of amides is 1. The van der Waals surface area contributed by atoms with Gasteiger partial charge in [-0.25, -0.2) is 9.67 Å². The van der Waals surface area contributed by atoms with Gasteiger partial charge in [-0.1, -0.05) is 31.5 Å². The summed E-state index contributed by atoms with van der Waals surface area (Å²) in [5.41, 5.74) is 1.65. The van der Waals surface area contributed by atoms with Crippen LogP contribution in [0.15, 0.2) is 59.0 Å². The van der Waals surface area contributed by atoms with Crippen molar-refractivity contribution in [3.63, 3.8) is 0 Å². The van der Waals surface area contributed by atoms with Crippen LogP contribution in [0.1, 0.15) is 30.3 Å². The van der Waals surface area contributed by atoms with Crippen molar-refractivity contribution in [2.24, 2.45) is 0 Å². The van der Waals surface area contributed by atoms with E-state index in [2.05, 4.69) is 20.4 Å². The monoisotopic (exact) mass is 405 g/mol. The number of aromatic nitrogens is 4. The van der Waals surface area contributed by atoms with Gasteiger partial charge in [0.1, 0.15) is 0 Å². The van der Waals surface area contributed by atoms with E-state index in [4.69, 9.17) is 0 Å². The molecule has 7 nitrogen and oxygen atoms in total. The number of aryl methyl sites for hydroxylation is 1. The summed E-state index contributed by atoms with van der Waals surface area (Å²) < 4.78 is 1.38. The first-order valence-electron chi connectivity index (χ1n) is 9.34. The van der Waals surface area contributed by atoms with E-state index in [0.717, 1.165) is 24.1 Å². The Morgan fingerprint density at radius 1 is 1.17 bits per heavy atom. The van der Waals surface area contributed by atoms with E-state index in [0.29, 0.717) is 22.4 Å². The lowest BCUT2D eigenvalue weighted by Gasteiger charge is -2.10. The number of carbonyl (C=O) groups excluding carboxylic acids is 1. The molecule has 0 aliphatic carbocycles. The predicted octanol–water partition coefficient (Wildman–Crippen LogP) is 3.97. The minimum atomic E-state index is -0.390. The number of nitrogens with one attached hydrogen (secondary N) is 1. The van der Waals surface area contributed by atoms with Crippen molar-refractivity contribution in [2.75, 3.05) is 5.32 Å². The minimum Gasteiger partial charge on any atom is -0.296 e. The zero-order valence-electron chi connectivity index (χ0n) is 15.8. The lowest BCUT2D eigenvalue weighted by Crippen LogP contribution is -2.27. The second-order valence-electron chi connectivity index (χ2n) is 6.51. The Labute approximate surface area is 171 Å². The number of fused-ring (bicyclic) bond motifs is 1. The van der Waals surface area contributed by atoms with Gasteiger partial charge in [0.05, 0.1) is 11.1 Å². The number of hydrogen-bond donors (Lipinski definition) is 1. The van der Waals surface area contributed by atoms with Crippen LogP contribution in [0.4, 0.5) is 5.13 Å². The van der Waals surface area contributed by atoms with Crippen molar-refractivity contribution in [1.82, 2.24) is 19.7 Å². The quantitative estimate of drug-likeness (QED) is 0.524. The first-order valence-corrected chi connectivity index (χ1v) is 10.2. The van der Waals surface area contributed by atoms with Gasteiger partial charge in [0, 0.05) is 35.3 Å². The fraction of sp³-hybridized carbons (Fsp3) is 0.190. The fourth-order valence-electron chi connectivity index (χ4n) is 3.00. The number of carbonyl (C=O) groups is 1. The fourth-order valence-corrected chi connectivity index (χ4v) is 3.71. The predicted molar refractivity (Wildman–Crippen MR) is 114 cm³/mol. The Morgan fingerprint density at radius 3 is 2.76 bits per heavy atom. The van der Waals surface area contributed by atoms with Gasteiger partial charge in [0.15, 0.2) is 10.8 Å². The Kier molecular flexibility index (Phi) is 5.44. The van der Waals surface area contributed by atoms with Gasteiger partial charge in [0.25, 0.3) is 11.5 Å². The van der Waals surface area contributed by atoms with Crippen LogP contribution in [-0.2, 0) is 6.54 Å². The zero-order valence-corrected chi connectivity index (χ0v) is 16.6. The van der Waals surface area contributed by atoms with Crippen LogP contribution in [0.5, 0.6) is 0 Å². The van der Waals surface area contributed by atoms with E-state index in [9.17, 15) is 9.59 Å². The summed E-state index contributed by atoms with van der Waals surface area (Å²) in [6.45, 7) is 2.52. The van der Waals surface area contributed by atoms with Crippen LogP contribution in [0.3, 0.4) is 0 Å². The standard InChI is InChI=1S/C21H19N5O2S/c1-2-3-11-26-20(28)16-9-5-4-8-15(16)18(25-26)19(27)24-21-23-17(13-29-21)14-7-6-10-22-12-14/h4-10,12-13H,2-3,11H2,1H3,(H,23,24,27).